The van der Waals surface area contributed by atoms with Crippen LogP contribution in [0.2, 0.25) is 0 Å². The van der Waals surface area contributed by atoms with Gasteiger partial charge in [0.05, 0.1) is 18.4 Å². The van der Waals surface area contributed by atoms with Gasteiger partial charge in [-0.3, -0.25) is 18.9 Å². The Labute approximate surface area is 170 Å². The van der Waals surface area contributed by atoms with Crippen molar-refractivity contribution in [2.75, 3.05) is 18.6 Å². The van der Waals surface area contributed by atoms with Crippen molar-refractivity contribution in [3.05, 3.63) is 59.4 Å². The van der Waals surface area contributed by atoms with Gasteiger partial charge in [0.2, 0.25) is 5.91 Å². The SMILES string of the molecule is CCc1nc2ccc(C(=O)NCc3ccc(OC)cc3)cn2c1N(CC)C(C)=O. The first-order chi connectivity index (χ1) is 14.0. The third kappa shape index (κ3) is 4.23. The van der Waals surface area contributed by atoms with Crippen LogP contribution >= 0.6 is 0 Å². The fourth-order valence-corrected chi connectivity index (χ4v) is 3.29. The van der Waals surface area contributed by atoms with Gasteiger partial charge >= 0.3 is 0 Å². The lowest BCUT2D eigenvalue weighted by Crippen LogP contribution is -2.30. The highest BCUT2D eigenvalue weighted by Gasteiger charge is 2.20. The van der Waals surface area contributed by atoms with Crippen molar-refractivity contribution in [3.63, 3.8) is 0 Å². The van der Waals surface area contributed by atoms with Crippen molar-refractivity contribution < 1.29 is 14.3 Å². The Morgan fingerprint density at radius 1 is 1.14 bits per heavy atom. The van der Waals surface area contributed by atoms with E-state index in [2.05, 4.69) is 10.3 Å². The Morgan fingerprint density at radius 2 is 1.86 bits per heavy atom. The Bertz CT molecular complexity index is 1020. The second kappa shape index (κ2) is 8.77. The lowest BCUT2D eigenvalue weighted by Gasteiger charge is -2.20. The summed E-state index contributed by atoms with van der Waals surface area (Å²) in [6.07, 6.45) is 2.44. The van der Waals surface area contributed by atoms with Gasteiger partial charge in [-0.2, -0.15) is 0 Å². The number of hydrogen-bond donors (Lipinski definition) is 1. The van der Waals surface area contributed by atoms with Crippen LogP contribution in [0.1, 0.15) is 42.4 Å². The molecule has 3 rings (SSSR count). The normalized spacial score (nSPS) is 10.8. The molecule has 29 heavy (non-hydrogen) atoms. The minimum absolute atomic E-state index is 0.0571. The summed E-state index contributed by atoms with van der Waals surface area (Å²) in [4.78, 5) is 31.1. The van der Waals surface area contributed by atoms with Crippen LogP contribution in [-0.4, -0.2) is 34.9 Å². The zero-order valence-electron chi connectivity index (χ0n) is 17.2. The van der Waals surface area contributed by atoms with Gasteiger partial charge in [0.1, 0.15) is 17.2 Å². The van der Waals surface area contributed by atoms with Crippen LogP contribution in [0.5, 0.6) is 5.75 Å². The number of hydrogen-bond acceptors (Lipinski definition) is 4. The summed E-state index contributed by atoms with van der Waals surface area (Å²) < 4.78 is 6.97. The molecule has 0 saturated carbocycles. The molecule has 3 aromatic rings. The number of pyridine rings is 1. The van der Waals surface area contributed by atoms with E-state index in [9.17, 15) is 9.59 Å². The van der Waals surface area contributed by atoms with E-state index in [1.165, 1.54) is 6.92 Å². The molecule has 0 bridgehead atoms. The Balaban J connectivity index is 1.87. The van der Waals surface area contributed by atoms with Gasteiger partial charge in [0.15, 0.2) is 0 Å². The van der Waals surface area contributed by atoms with Gasteiger partial charge < -0.3 is 10.1 Å². The first kappa shape index (κ1) is 20.4. The molecule has 7 heteroatoms. The number of nitrogens with one attached hydrogen (secondary N) is 1. The second-order valence-electron chi connectivity index (χ2n) is 6.68. The highest BCUT2D eigenvalue weighted by molar-refractivity contribution is 5.95. The van der Waals surface area contributed by atoms with Crippen molar-refractivity contribution in [2.45, 2.75) is 33.7 Å². The summed E-state index contributed by atoms with van der Waals surface area (Å²) in [5.74, 6) is 1.25. The standard InChI is InChI=1S/C22H26N4O3/c1-5-19-22(25(6-2)15(3)27)26-14-17(9-12-20(26)24-19)21(28)23-13-16-7-10-18(29-4)11-8-16/h7-12,14H,5-6,13H2,1-4H3,(H,23,28). The predicted octanol–water partition coefficient (Wildman–Crippen LogP) is 3.21. The summed E-state index contributed by atoms with van der Waals surface area (Å²) in [5.41, 5.74) is 3.03. The summed E-state index contributed by atoms with van der Waals surface area (Å²) in [5, 5.41) is 2.93. The fraction of sp³-hybridized carbons (Fsp3) is 0.318. The fourth-order valence-electron chi connectivity index (χ4n) is 3.29. The van der Waals surface area contributed by atoms with E-state index in [0.717, 1.165) is 22.8 Å². The summed E-state index contributed by atoms with van der Waals surface area (Å²) >= 11 is 0. The monoisotopic (exact) mass is 394 g/mol. The first-order valence-corrected chi connectivity index (χ1v) is 9.68. The maximum Gasteiger partial charge on any atom is 0.253 e. The number of carbonyl (C=O) groups excluding carboxylic acids is 2. The number of fused-ring (bicyclic) bond motifs is 1. The molecule has 2 aromatic heterocycles. The van der Waals surface area contributed by atoms with E-state index in [-0.39, 0.29) is 11.8 Å². The number of anilines is 1. The first-order valence-electron chi connectivity index (χ1n) is 9.68. The average Bonchev–Trinajstić information content (AvgIpc) is 3.10. The quantitative estimate of drug-likeness (QED) is 0.668. The highest BCUT2D eigenvalue weighted by Crippen LogP contribution is 2.24. The van der Waals surface area contributed by atoms with Crippen molar-refractivity contribution >= 4 is 23.3 Å². The molecule has 7 nitrogen and oxygen atoms in total. The van der Waals surface area contributed by atoms with E-state index >= 15 is 0 Å². The topological polar surface area (TPSA) is 75.9 Å². The van der Waals surface area contributed by atoms with Crippen molar-refractivity contribution in [3.8, 4) is 5.75 Å². The minimum atomic E-state index is -0.189. The third-order valence-corrected chi connectivity index (χ3v) is 4.82. The molecule has 0 atom stereocenters. The molecule has 2 amide bonds. The van der Waals surface area contributed by atoms with Gasteiger partial charge in [0.25, 0.3) is 5.91 Å². The molecule has 0 unspecified atom stereocenters. The summed E-state index contributed by atoms with van der Waals surface area (Å²) in [6.45, 7) is 6.40. The average molecular weight is 394 g/mol. The zero-order valence-corrected chi connectivity index (χ0v) is 17.2. The Hall–Kier alpha value is -3.35. The van der Waals surface area contributed by atoms with Crippen LogP contribution in [0.25, 0.3) is 5.65 Å². The van der Waals surface area contributed by atoms with Crippen LogP contribution in [0.15, 0.2) is 42.6 Å². The molecule has 152 valence electrons. The predicted molar refractivity (Wildman–Crippen MR) is 112 cm³/mol. The smallest absolute Gasteiger partial charge is 0.253 e. The summed E-state index contributed by atoms with van der Waals surface area (Å²) in [7, 11) is 1.62. The molecule has 0 radical (unpaired) electrons. The summed E-state index contributed by atoms with van der Waals surface area (Å²) in [6, 6.07) is 11.1. The van der Waals surface area contributed by atoms with E-state index in [4.69, 9.17) is 4.74 Å². The van der Waals surface area contributed by atoms with Crippen molar-refractivity contribution in [1.82, 2.24) is 14.7 Å². The lowest BCUT2D eigenvalue weighted by molar-refractivity contribution is -0.116. The van der Waals surface area contributed by atoms with Gasteiger partial charge in [-0.1, -0.05) is 19.1 Å². The molecule has 0 aliphatic heterocycles. The number of benzene rings is 1. The van der Waals surface area contributed by atoms with Gasteiger partial charge in [0, 0.05) is 26.2 Å². The number of methoxy groups -OCH3 is 1. The van der Waals surface area contributed by atoms with Crippen LogP contribution in [0, 0.1) is 0 Å². The molecule has 0 saturated heterocycles. The highest BCUT2D eigenvalue weighted by atomic mass is 16.5. The van der Waals surface area contributed by atoms with Crippen molar-refractivity contribution in [1.29, 1.82) is 0 Å². The van der Waals surface area contributed by atoms with Gasteiger partial charge in [-0.15, -0.1) is 0 Å². The van der Waals surface area contributed by atoms with Gasteiger partial charge in [-0.25, -0.2) is 4.98 Å². The van der Waals surface area contributed by atoms with E-state index in [0.29, 0.717) is 30.7 Å². The van der Waals surface area contributed by atoms with Crippen LogP contribution in [0.3, 0.4) is 0 Å². The molecule has 1 aromatic carbocycles. The number of rotatable bonds is 7. The van der Waals surface area contributed by atoms with Crippen LogP contribution in [-0.2, 0) is 17.8 Å². The molecule has 0 aliphatic carbocycles. The van der Waals surface area contributed by atoms with Crippen LogP contribution in [0.4, 0.5) is 5.82 Å². The zero-order chi connectivity index (χ0) is 21.0. The molecule has 0 spiro atoms. The largest absolute Gasteiger partial charge is 0.497 e. The maximum atomic E-state index is 12.7. The Kier molecular flexibility index (Phi) is 6.16. The second-order valence-corrected chi connectivity index (χ2v) is 6.68. The molecule has 1 N–H and O–H groups in total. The number of nitrogens with zero attached hydrogens (tertiary/aromatic N) is 3. The molecular weight excluding hydrogens is 368 g/mol. The number of amides is 2. The van der Waals surface area contributed by atoms with E-state index < -0.39 is 0 Å². The third-order valence-electron chi connectivity index (χ3n) is 4.82. The van der Waals surface area contributed by atoms with Gasteiger partial charge in [-0.05, 0) is 43.2 Å². The van der Waals surface area contributed by atoms with E-state index in [1.54, 1.807) is 30.3 Å². The Morgan fingerprint density at radius 3 is 2.45 bits per heavy atom. The maximum absolute atomic E-state index is 12.7. The van der Waals surface area contributed by atoms with Crippen molar-refractivity contribution in [2.24, 2.45) is 0 Å². The number of carbonyl (C=O) groups is 2. The number of aryl methyl sites for hydroxylation is 1. The molecule has 2 heterocycles. The number of ether oxygens (including phenoxy) is 1. The molecular formula is C22H26N4O3. The van der Waals surface area contributed by atoms with E-state index in [1.807, 2.05) is 42.5 Å². The van der Waals surface area contributed by atoms with Crippen LogP contribution < -0.4 is 15.0 Å². The number of aromatic nitrogens is 2. The molecule has 0 aliphatic rings. The molecule has 0 fully saturated rings. The lowest BCUT2D eigenvalue weighted by atomic mass is 10.2. The number of imidazole rings is 1. The minimum Gasteiger partial charge on any atom is -0.497 e.